The minimum absolute atomic E-state index is 1.21. The maximum Gasteiger partial charge on any atom is -0.0102 e. The summed E-state index contributed by atoms with van der Waals surface area (Å²) in [7, 11) is 0. The number of hydrogen-bond acceptors (Lipinski definition) is 0. The van der Waals surface area contributed by atoms with Gasteiger partial charge in [-0.15, -0.1) is 0 Å². The summed E-state index contributed by atoms with van der Waals surface area (Å²) < 4.78 is 0. The van der Waals surface area contributed by atoms with E-state index in [9.17, 15) is 0 Å². The highest BCUT2D eigenvalue weighted by Gasteiger charge is 2.18. The van der Waals surface area contributed by atoms with E-state index in [2.05, 4.69) is 507 Å². The van der Waals surface area contributed by atoms with Gasteiger partial charge in [-0.3, -0.25) is 0 Å². The molecule has 0 atom stereocenters. The van der Waals surface area contributed by atoms with Crippen LogP contribution in [0.2, 0.25) is 0 Å². The van der Waals surface area contributed by atoms with Crippen molar-refractivity contribution in [3.63, 3.8) is 0 Å². The Bertz CT molecular complexity index is 7000. The van der Waals surface area contributed by atoms with E-state index >= 15 is 0 Å². The van der Waals surface area contributed by atoms with Crippen LogP contribution in [0, 0.1) is 76.2 Å². The molecule has 19 aromatic carbocycles. The van der Waals surface area contributed by atoms with Crippen LogP contribution in [0.15, 0.2) is 431 Å². The summed E-state index contributed by atoms with van der Waals surface area (Å²) in [6.07, 6.45) is 0. The lowest BCUT2D eigenvalue weighted by atomic mass is 9.88. The van der Waals surface area contributed by atoms with Gasteiger partial charge in [-0.25, -0.2) is 0 Å². The molecule has 0 aliphatic rings. The summed E-state index contributed by atoms with van der Waals surface area (Å²) in [5, 5.41) is 0. The first-order chi connectivity index (χ1) is 60.8. The quantitative estimate of drug-likeness (QED) is 0.0904. The first-order valence-corrected chi connectivity index (χ1v) is 43.7. The van der Waals surface area contributed by atoms with Crippen molar-refractivity contribution < 1.29 is 0 Å². The molecule has 0 aliphatic carbocycles. The monoisotopic (exact) mass is 1600 g/mol. The van der Waals surface area contributed by atoms with E-state index in [4.69, 9.17) is 0 Å². The highest BCUT2D eigenvalue weighted by molar-refractivity contribution is 5.91. The number of rotatable bonds is 16. The molecule has 0 nitrogen and oxygen atoms in total. The van der Waals surface area contributed by atoms with Gasteiger partial charge in [0.2, 0.25) is 0 Å². The predicted octanol–water partition coefficient (Wildman–Crippen LogP) is 35.1. The van der Waals surface area contributed by atoms with Crippen LogP contribution in [0.5, 0.6) is 0 Å². The van der Waals surface area contributed by atoms with Crippen molar-refractivity contribution in [1.29, 1.82) is 0 Å². The molecule has 0 N–H and O–H groups in total. The largest absolute Gasteiger partial charge is 0.0622 e. The standard InChI is InChI=1S/2C45H36.C35H32/c1-31-11-10-16-38(22-31)44-27-40(34-12-6-4-7-13-34)25-42(28-44)36-17-19-37(20-18-36)43-26-41(35-14-8-5-9-15-35)29-45(30-43)39-23-32(2)21-33(3)24-39;1-31-17-19-36(20-18-31)42-25-40(34-11-6-4-7-12-34)26-43(28-42)37-15-10-16-38(24-37)44-27-41(35-13-8-5-9-14-35)29-45(30-44)39-22-32(2)21-33(3)23-39;1-23-12-14-28(15-13-23)29-8-6-10-31(21-29)34-19-26(4)27(5)20-35(34)32-11-7-9-30(22-32)33-17-24(2)16-25(3)18-33/h2*4-30H,1-3H3;6-22H,1-5H3. The normalized spacial score (nSPS) is 11.0. The van der Waals surface area contributed by atoms with Crippen LogP contribution in [0.4, 0.5) is 0 Å². The highest BCUT2D eigenvalue weighted by Crippen LogP contribution is 2.43. The van der Waals surface area contributed by atoms with E-state index in [1.165, 1.54) is 239 Å². The lowest BCUT2D eigenvalue weighted by Gasteiger charge is -2.16. The number of aryl methyl sites for hydroxylation is 11. The molecule has 0 saturated heterocycles. The molecule has 0 fully saturated rings. The Balaban J connectivity index is 0.000000134. The Morgan fingerprint density at radius 2 is 0.248 bits per heavy atom. The van der Waals surface area contributed by atoms with E-state index in [0.717, 1.165) is 0 Å². The molecule has 0 amide bonds. The third-order valence-corrected chi connectivity index (χ3v) is 24.0. The van der Waals surface area contributed by atoms with E-state index in [1.54, 1.807) is 0 Å². The maximum absolute atomic E-state index is 2.35. The predicted molar refractivity (Wildman–Crippen MR) is 538 cm³/mol. The Labute approximate surface area is 740 Å². The van der Waals surface area contributed by atoms with Crippen molar-refractivity contribution in [2.75, 3.05) is 0 Å². The Morgan fingerprint density at radius 3 is 0.520 bits per heavy atom. The zero-order chi connectivity index (χ0) is 86.0. The molecule has 19 rings (SSSR count). The third-order valence-electron chi connectivity index (χ3n) is 24.0. The van der Waals surface area contributed by atoms with Crippen LogP contribution >= 0.6 is 0 Å². The summed E-state index contributed by atoms with van der Waals surface area (Å²) in [4.78, 5) is 0. The van der Waals surface area contributed by atoms with Crippen molar-refractivity contribution in [1.82, 2.24) is 0 Å². The van der Waals surface area contributed by atoms with Gasteiger partial charge in [-0.05, 0) is 356 Å². The molecule has 604 valence electrons. The maximum atomic E-state index is 2.35. The average Bonchev–Trinajstić information content (AvgIpc) is 0.799. The molecule has 0 heterocycles. The minimum atomic E-state index is 1.21. The number of hydrogen-bond donors (Lipinski definition) is 0. The van der Waals surface area contributed by atoms with Crippen LogP contribution < -0.4 is 0 Å². The molecule has 0 aliphatic heterocycles. The molecule has 125 heavy (non-hydrogen) atoms. The summed E-state index contributed by atoms with van der Waals surface area (Å²) in [6.45, 7) is 23.9. The fourth-order valence-electron chi connectivity index (χ4n) is 17.5. The topological polar surface area (TPSA) is 0 Å². The van der Waals surface area contributed by atoms with Gasteiger partial charge >= 0.3 is 0 Å². The molecule has 0 unspecified atom stereocenters. The SMILES string of the molecule is Cc1ccc(-c2cc(-c3ccccc3)cc(-c3cccc(-c4cc(-c5ccccc5)cc(-c5cc(C)cc(C)c5)c4)c3)c2)cc1.Cc1ccc(-c2cccc(-c3cc(C)c(C)cc3-c3cccc(-c4cc(C)cc(C)c4)c3)c2)cc1.Cc1cccc(-c2cc(-c3ccccc3)cc(-c3ccc(-c4cc(-c5ccccc5)cc(-c5cc(C)cc(C)c5)c4)cc3)c2)c1. The van der Waals surface area contributed by atoms with E-state index in [1.807, 2.05) is 0 Å². The smallest absolute Gasteiger partial charge is 0.0102 e. The van der Waals surface area contributed by atoms with Crippen molar-refractivity contribution in [3.8, 4) is 178 Å². The van der Waals surface area contributed by atoms with Crippen LogP contribution in [-0.4, -0.2) is 0 Å². The molecular formula is C125H104. The van der Waals surface area contributed by atoms with Crippen molar-refractivity contribution in [3.05, 3.63) is 492 Å². The second kappa shape index (κ2) is 37.3. The van der Waals surface area contributed by atoms with Gasteiger partial charge in [-0.2, -0.15) is 0 Å². The van der Waals surface area contributed by atoms with E-state index in [-0.39, 0.29) is 0 Å². The lowest BCUT2D eigenvalue weighted by Crippen LogP contribution is -1.92. The molecule has 0 saturated carbocycles. The third kappa shape index (κ3) is 19.9. The fourth-order valence-corrected chi connectivity index (χ4v) is 17.5. The van der Waals surface area contributed by atoms with Crippen molar-refractivity contribution >= 4 is 0 Å². The van der Waals surface area contributed by atoms with Crippen molar-refractivity contribution in [2.45, 2.75) is 76.2 Å². The Kier molecular flexibility index (Phi) is 24.6. The van der Waals surface area contributed by atoms with E-state index < -0.39 is 0 Å². The van der Waals surface area contributed by atoms with Gasteiger partial charge in [0.05, 0.1) is 0 Å². The summed E-state index contributed by atoms with van der Waals surface area (Å²) in [6, 6.07) is 158. The van der Waals surface area contributed by atoms with Gasteiger partial charge < -0.3 is 0 Å². The average molecular weight is 1610 g/mol. The van der Waals surface area contributed by atoms with Gasteiger partial charge in [0.1, 0.15) is 0 Å². The molecule has 0 aromatic heterocycles. The van der Waals surface area contributed by atoms with Gasteiger partial charge in [0.25, 0.3) is 0 Å². The first kappa shape index (κ1) is 82.5. The van der Waals surface area contributed by atoms with Crippen LogP contribution in [0.25, 0.3) is 178 Å². The number of benzene rings is 19. The molecule has 0 heteroatoms. The van der Waals surface area contributed by atoms with E-state index in [0.29, 0.717) is 0 Å². The van der Waals surface area contributed by atoms with Gasteiger partial charge in [0.15, 0.2) is 0 Å². The fraction of sp³-hybridized carbons (Fsp3) is 0.0880. The van der Waals surface area contributed by atoms with Gasteiger partial charge in [-0.1, -0.05) is 390 Å². The zero-order valence-corrected chi connectivity index (χ0v) is 73.5. The second-order valence-electron chi connectivity index (χ2n) is 34.2. The van der Waals surface area contributed by atoms with Gasteiger partial charge in [0, 0.05) is 0 Å². The molecule has 0 radical (unpaired) electrons. The summed E-state index contributed by atoms with van der Waals surface area (Å²) in [5.74, 6) is 0. The Morgan fingerprint density at radius 1 is 0.0880 bits per heavy atom. The Hall–Kier alpha value is -14.8. The van der Waals surface area contributed by atoms with Crippen molar-refractivity contribution in [2.24, 2.45) is 0 Å². The van der Waals surface area contributed by atoms with Crippen LogP contribution in [0.1, 0.15) is 61.2 Å². The first-order valence-electron chi connectivity index (χ1n) is 43.7. The minimum Gasteiger partial charge on any atom is -0.0622 e. The lowest BCUT2D eigenvalue weighted by molar-refractivity contribution is 1.34. The summed E-state index contributed by atoms with van der Waals surface area (Å²) in [5.41, 5.74) is 53.6. The highest BCUT2D eigenvalue weighted by atomic mass is 14.2. The molecular weight excluding hydrogens is 1500 g/mol. The second-order valence-corrected chi connectivity index (χ2v) is 34.2. The molecule has 0 spiro atoms. The molecule has 0 bridgehead atoms. The molecule has 19 aromatic rings. The van der Waals surface area contributed by atoms with Crippen LogP contribution in [-0.2, 0) is 0 Å². The van der Waals surface area contributed by atoms with Crippen LogP contribution in [0.3, 0.4) is 0 Å². The zero-order valence-electron chi connectivity index (χ0n) is 73.5. The summed E-state index contributed by atoms with van der Waals surface area (Å²) >= 11 is 0.